The number of carbonyl (C=O) groups excluding carboxylic acids is 4. The Labute approximate surface area is 240 Å². The fourth-order valence-corrected chi connectivity index (χ4v) is 9.04. The molecule has 3 aromatic rings. The van der Waals surface area contributed by atoms with E-state index in [2.05, 4.69) is 5.10 Å². The lowest BCUT2D eigenvalue weighted by Crippen LogP contribution is -2.55. The summed E-state index contributed by atoms with van der Waals surface area (Å²) in [6.45, 7) is 0. The van der Waals surface area contributed by atoms with E-state index >= 15 is 0 Å². The van der Waals surface area contributed by atoms with E-state index in [1.54, 1.807) is 6.21 Å². The van der Waals surface area contributed by atoms with Crippen molar-refractivity contribution in [1.82, 2.24) is 5.01 Å². The van der Waals surface area contributed by atoms with Crippen molar-refractivity contribution >= 4 is 35.5 Å². The molecule has 7 nitrogen and oxygen atoms in total. The smallest absolute Gasteiger partial charge is 0.254 e. The molecule has 8 heteroatoms. The molecule has 0 aromatic heterocycles. The van der Waals surface area contributed by atoms with E-state index in [4.69, 9.17) is 0 Å². The Morgan fingerprint density at radius 1 is 0.714 bits per heavy atom. The Morgan fingerprint density at radius 2 is 1.29 bits per heavy atom. The zero-order valence-corrected chi connectivity index (χ0v) is 22.3. The van der Waals surface area contributed by atoms with Crippen molar-refractivity contribution in [1.29, 1.82) is 0 Å². The van der Waals surface area contributed by atoms with Gasteiger partial charge in [-0.3, -0.25) is 19.2 Å². The summed E-state index contributed by atoms with van der Waals surface area (Å²) < 4.78 is 13.8. The van der Waals surface area contributed by atoms with Gasteiger partial charge in [0.25, 0.3) is 11.8 Å². The summed E-state index contributed by atoms with van der Waals surface area (Å²) in [5, 5.41) is 5.64. The van der Waals surface area contributed by atoms with Gasteiger partial charge in [-0.1, -0.05) is 60.7 Å². The van der Waals surface area contributed by atoms with E-state index in [9.17, 15) is 23.6 Å². The second-order valence-electron chi connectivity index (χ2n) is 12.2. The Balaban J connectivity index is 1.24. The molecule has 206 valence electrons. The van der Waals surface area contributed by atoms with Crippen LogP contribution in [0.1, 0.15) is 34.6 Å². The van der Waals surface area contributed by atoms with Gasteiger partial charge in [0.1, 0.15) is 5.82 Å². The SMILES string of the molecule is O=C1[C@@H]2[C@H](C(=O)N1/N=C\C13c4ccccc4C(c4ccccc41)[C@H]1C(=O)N(c4ccc(F)cc4)C(=O)[C@@H]13)[C@H]1C=C[C@H]2C1. The lowest BCUT2D eigenvalue weighted by Gasteiger charge is -2.52. The summed E-state index contributed by atoms with van der Waals surface area (Å²) in [4.78, 5) is 56.9. The van der Waals surface area contributed by atoms with Crippen molar-refractivity contribution in [2.75, 3.05) is 4.90 Å². The monoisotopic (exact) mass is 557 g/mol. The van der Waals surface area contributed by atoms with Crippen molar-refractivity contribution in [2.45, 2.75) is 17.8 Å². The van der Waals surface area contributed by atoms with Gasteiger partial charge in [-0.15, -0.1) is 0 Å². The number of anilines is 1. The molecule has 42 heavy (non-hydrogen) atoms. The Morgan fingerprint density at radius 3 is 1.88 bits per heavy atom. The van der Waals surface area contributed by atoms with Gasteiger partial charge in [-0.05, 0) is 64.8 Å². The molecule has 0 spiro atoms. The minimum Gasteiger partial charge on any atom is -0.274 e. The highest BCUT2D eigenvalue weighted by atomic mass is 19.1. The minimum atomic E-state index is -1.20. The topological polar surface area (TPSA) is 87.1 Å². The zero-order valence-electron chi connectivity index (χ0n) is 22.3. The number of rotatable bonds is 3. The molecule has 5 aliphatic carbocycles. The first kappa shape index (κ1) is 23.9. The lowest BCUT2D eigenvalue weighted by molar-refractivity contribution is -0.140. The highest BCUT2D eigenvalue weighted by Crippen LogP contribution is 2.64. The highest BCUT2D eigenvalue weighted by molar-refractivity contribution is 6.25. The molecule has 0 N–H and O–H groups in total. The van der Waals surface area contributed by atoms with E-state index < -0.39 is 40.8 Å². The fraction of sp³-hybridized carbons (Fsp3) is 0.265. The number of halogens is 1. The Kier molecular flexibility index (Phi) is 4.54. The summed E-state index contributed by atoms with van der Waals surface area (Å²) in [7, 11) is 0. The number of imide groups is 2. The summed E-state index contributed by atoms with van der Waals surface area (Å²) >= 11 is 0. The first-order valence-corrected chi connectivity index (χ1v) is 14.4. The third kappa shape index (κ3) is 2.68. The molecule has 0 unspecified atom stereocenters. The quantitative estimate of drug-likeness (QED) is 0.275. The van der Waals surface area contributed by atoms with E-state index in [-0.39, 0.29) is 35.5 Å². The molecular formula is C34H24FN3O4. The maximum absolute atomic E-state index is 14.4. The van der Waals surface area contributed by atoms with Crippen LogP contribution in [-0.2, 0) is 24.6 Å². The standard InChI is InChI=1S/C34H24FN3O4/c35-19-11-13-20(14-12-19)37-30(39)28-27-21-5-1-3-7-23(21)34(29(28)33(37)42,24-8-4-2-6-22(24)27)16-36-38-31(40)25-17-9-10-18(15-17)26(25)32(38)41/h1-14,16-18,25-29H,15H2/b36-16-/t17-,18-,25-,26+,27?,28+,29+,34?/m0/s1. The first-order chi connectivity index (χ1) is 20.4. The van der Waals surface area contributed by atoms with Gasteiger partial charge in [0.05, 0.1) is 34.8 Å². The summed E-state index contributed by atoms with van der Waals surface area (Å²) in [6, 6.07) is 20.8. The van der Waals surface area contributed by atoms with Crippen molar-refractivity contribution in [3.8, 4) is 0 Å². The number of amides is 4. The average molecular weight is 558 g/mol. The predicted molar refractivity (Wildman–Crippen MR) is 149 cm³/mol. The molecular weight excluding hydrogens is 533 g/mol. The summed E-state index contributed by atoms with van der Waals surface area (Å²) in [6.07, 6.45) is 6.48. The minimum absolute atomic E-state index is 0.0454. The van der Waals surface area contributed by atoms with Crippen LogP contribution in [0.5, 0.6) is 0 Å². The second-order valence-corrected chi connectivity index (χ2v) is 12.2. The molecule has 3 fully saturated rings. The number of hydrogen-bond donors (Lipinski definition) is 0. The second kappa shape index (κ2) is 7.97. The van der Waals surface area contributed by atoms with Gasteiger partial charge >= 0.3 is 0 Å². The Bertz CT molecular complexity index is 1750. The molecule has 3 aromatic carbocycles. The molecule has 0 radical (unpaired) electrons. The van der Waals surface area contributed by atoms with Crippen molar-refractivity contribution in [2.24, 2.45) is 40.6 Å². The molecule has 2 saturated heterocycles. The number of hydrazone groups is 1. The molecule has 2 heterocycles. The van der Waals surface area contributed by atoms with E-state index in [0.29, 0.717) is 5.69 Å². The molecule has 6 atom stereocenters. The predicted octanol–water partition coefficient (Wildman–Crippen LogP) is 4.17. The third-order valence-electron chi connectivity index (χ3n) is 10.6. The first-order valence-electron chi connectivity index (χ1n) is 14.4. The number of hydrogen-bond acceptors (Lipinski definition) is 5. The van der Waals surface area contributed by atoms with Crippen LogP contribution < -0.4 is 4.90 Å². The van der Waals surface area contributed by atoms with Crippen LogP contribution in [0.15, 0.2) is 90.0 Å². The highest BCUT2D eigenvalue weighted by Gasteiger charge is 2.68. The van der Waals surface area contributed by atoms with Crippen molar-refractivity contribution < 1.29 is 23.6 Å². The Hall–Kier alpha value is -4.72. The van der Waals surface area contributed by atoms with Crippen LogP contribution in [0.2, 0.25) is 0 Å². The van der Waals surface area contributed by atoms with E-state index in [1.807, 2.05) is 60.7 Å². The number of benzene rings is 3. The van der Waals surface area contributed by atoms with Gasteiger partial charge < -0.3 is 0 Å². The van der Waals surface area contributed by atoms with Crippen LogP contribution in [0.4, 0.5) is 10.1 Å². The van der Waals surface area contributed by atoms with Crippen LogP contribution in [0, 0.1) is 41.3 Å². The molecule has 7 aliphatic rings. The van der Waals surface area contributed by atoms with E-state index in [0.717, 1.165) is 33.7 Å². The molecule has 4 bridgehead atoms. The number of carbonyl (C=O) groups is 4. The van der Waals surface area contributed by atoms with Gasteiger partial charge in [0.15, 0.2) is 0 Å². The van der Waals surface area contributed by atoms with Crippen LogP contribution in [-0.4, -0.2) is 34.9 Å². The fourth-order valence-electron chi connectivity index (χ4n) is 9.04. The normalized spacial score (nSPS) is 34.9. The molecule has 4 amide bonds. The zero-order chi connectivity index (χ0) is 28.5. The van der Waals surface area contributed by atoms with Gasteiger partial charge in [-0.25, -0.2) is 9.29 Å². The summed E-state index contributed by atoms with van der Waals surface area (Å²) in [5.74, 6) is -4.51. The maximum atomic E-state index is 14.4. The molecule has 2 aliphatic heterocycles. The van der Waals surface area contributed by atoms with E-state index in [1.165, 1.54) is 29.2 Å². The van der Waals surface area contributed by atoms with Crippen molar-refractivity contribution in [3.05, 3.63) is 113 Å². The van der Waals surface area contributed by atoms with Crippen molar-refractivity contribution in [3.63, 3.8) is 0 Å². The van der Waals surface area contributed by atoms with Crippen LogP contribution in [0.25, 0.3) is 0 Å². The molecule has 1 saturated carbocycles. The lowest BCUT2D eigenvalue weighted by atomic mass is 9.47. The van der Waals surface area contributed by atoms with Crippen LogP contribution >= 0.6 is 0 Å². The van der Waals surface area contributed by atoms with Gasteiger partial charge in [0.2, 0.25) is 11.8 Å². The molecule has 10 rings (SSSR count). The summed E-state index contributed by atoms with van der Waals surface area (Å²) in [5.41, 5.74) is 2.61. The number of nitrogens with zero attached hydrogens (tertiary/aromatic N) is 3. The van der Waals surface area contributed by atoms with Gasteiger partial charge in [0, 0.05) is 12.1 Å². The van der Waals surface area contributed by atoms with Crippen LogP contribution in [0.3, 0.4) is 0 Å². The average Bonchev–Trinajstić information content (AvgIpc) is 3.75. The number of fused-ring (bicyclic) bond motifs is 5. The largest absolute Gasteiger partial charge is 0.274 e. The van der Waals surface area contributed by atoms with Gasteiger partial charge in [-0.2, -0.15) is 10.1 Å². The maximum Gasteiger partial charge on any atom is 0.254 e. The number of allylic oxidation sites excluding steroid dienone is 2. The third-order valence-corrected chi connectivity index (χ3v) is 10.6.